The third-order valence-corrected chi connectivity index (χ3v) is 7.58. The number of amides is 2. The van der Waals surface area contributed by atoms with Gasteiger partial charge in [0.25, 0.3) is 0 Å². The molecule has 2 amide bonds. The first-order valence-electron chi connectivity index (χ1n) is 12.4. The number of benzene rings is 2. The Morgan fingerprint density at radius 3 is 2.44 bits per heavy atom. The van der Waals surface area contributed by atoms with Crippen LogP contribution < -0.4 is 9.47 Å². The van der Waals surface area contributed by atoms with Gasteiger partial charge in [-0.15, -0.1) is 11.3 Å². The van der Waals surface area contributed by atoms with E-state index in [9.17, 15) is 9.59 Å². The van der Waals surface area contributed by atoms with Gasteiger partial charge in [-0.2, -0.15) is 0 Å². The number of fused-ring (bicyclic) bond motifs is 1. The maximum Gasteiger partial charge on any atom is 0.242 e. The van der Waals surface area contributed by atoms with Crippen LogP contribution in [0.3, 0.4) is 0 Å². The Kier molecular flexibility index (Phi) is 8.65. The molecule has 0 radical (unpaired) electrons. The molecule has 6 nitrogen and oxygen atoms in total. The summed E-state index contributed by atoms with van der Waals surface area (Å²) in [6, 6.07) is 17.6. The van der Waals surface area contributed by atoms with Gasteiger partial charge in [0, 0.05) is 18.0 Å². The van der Waals surface area contributed by atoms with Gasteiger partial charge in [-0.1, -0.05) is 56.7 Å². The number of hydrogen-bond acceptors (Lipinski definition) is 5. The summed E-state index contributed by atoms with van der Waals surface area (Å²) in [6.45, 7) is 8.05. The Morgan fingerprint density at radius 1 is 0.944 bits per heavy atom. The predicted molar refractivity (Wildman–Crippen MR) is 142 cm³/mol. The Morgan fingerprint density at radius 2 is 1.72 bits per heavy atom. The lowest BCUT2D eigenvalue weighted by atomic mass is 10.1. The number of rotatable bonds is 11. The number of thiophene rings is 1. The molecule has 36 heavy (non-hydrogen) atoms. The van der Waals surface area contributed by atoms with Crippen LogP contribution in [-0.2, 0) is 29.1 Å². The highest BCUT2D eigenvalue weighted by atomic mass is 32.1. The molecule has 2 aromatic carbocycles. The predicted octanol–water partition coefficient (Wildman–Crippen LogP) is 5.43. The molecule has 4 rings (SSSR count). The fraction of sp³-hybridized carbons (Fsp3) is 0.379. The molecule has 0 saturated carbocycles. The molecule has 1 atom stereocenters. The second kappa shape index (κ2) is 12.1. The van der Waals surface area contributed by atoms with E-state index >= 15 is 0 Å². The lowest BCUT2D eigenvalue weighted by molar-refractivity contribution is -0.141. The van der Waals surface area contributed by atoms with E-state index < -0.39 is 0 Å². The van der Waals surface area contributed by atoms with Crippen LogP contribution in [0.2, 0.25) is 0 Å². The summed E-state index contributed by atoms with van der Waals surface area (Å²) in [4.78, 5) is 31.8. The van der Waals surface area contributed by atoms with E-state index in [2.05, 4.69) is 26.8 Å². The van der Waals surface area contributed by atoms with E-state index in [0.717, 1.165) is 28.2 Å². The molecule has 0 spiro atoms. The molecule has 2 heterocycles. The Balaban J connectivity index is 1.53. The van der Waals surface area contributed by atoms with Crippen molar-refractivity contribution in [3.63, 3.8) is 0 Å². The average Bonchev–Trinajstić information content (AvgIpc) is 3.51. The summed E-state index contributed by atoms with van der Waals surface area (Å²) in [5.74, 6) is 1.63. The van der Waals surface area contributed by atoms with Crippen LogP contribution in [0.5, 0.6) is 11.5 Å². The van der Waals surface area contributed by atoms with E-state index in [0.29, 0.717) is 31.3 Å². The first kappa shape index (κ1) is 25.8. The zero-order chi connectivity index (χ0) is 25.5. The maximum absolute atomic E-state index is 13.7. The Bertz CT molecular complexity index is 1180. The van der Waals surface area contributed by atoms with Gasteiger partial charge in [0.2, 0.25) is 18.6 Å². The first-order valence-corrected chi connectivity index (χ1v) is 13.3. The summed E-state index contributed by atoms with van der Waals surface area (Å²) in [5, 5.41) is 2.05. The largest absolute Gasteiger partial charge is 0.454 e. The quantitative estimate of drug-likeness (QED) is 0.348. The fourth-order valence-corrected chi connectivity index (χ4v) is 5.06. The van der Waals surface area contributed by atoms with Crippen molar-refractivity contribution < 1.29 is 19.1 Å². The third kappa shape index (κ3) is 6.66. The van der Waals surface area contributed by atoms with Gasteiger partial charge in [0.15, 0.2) is 11.5 Å². The SMILES string of the molecule is CC[C@H](C)CN(CC(=O)N(Cc1ccc2c(c1)OCO2)Cc1sccc1C)C(=O)Cc1ccccc1. The van der Waals surface area contributed by atoms with Crippen molar-refractivity contribution >= 4 is 23.2 Å². The molecule has 0 fully saturated rings. The van der Waals surface area contributed by atoms with Crippen LogP contribution >= 0.6 is 11.3 Å². The van der Waals surface area contributed by atoms with Crippen molar-refractivity contribution in [2.75, 3.05) is 19.9 Å². The van der Waals surface area contributed by atoms with Crippen LogP contribution in [0, 0.1) is 12.8 Å². The average molecular weight is 507 g/mol. The van der Waals surface area contributed by atoms with Gasteiger partial charge in [-0.25, -0.2) is 0 Å². The minimum absolute atomic E-state index is 0.0230. The first-order chi connectivity index (χ1) is 17.4. The van der Waals surface area contributed by atoms with Crippen molar-refractivity contribution in [1.82, 2.24) is 9.80 Å². The monoisotopic (exact) mass is 506 g/mol. The molecule has 0 aliphatic carbocycles. The normalized spacial score (nSPS) is 12.9. The molecule has 0 N–H and O–H groups in total. The highest BCUT2D eigenvalue weighted by molar-refractivity contribution is 7.10. The van der Waals surface area contributed by atoms with E-state index in [1.807, 2.05) is 58.8 Å². The summed E-state index contributed by atoms with van der Waals surface area (Å²) in [5.41, 5.74) is 3.08. The third-order valence-electron chi connectivity index (χ3n) is 6.57. The minimum Gasteiger partial charge on any atom is -0.454 e. The second-order valence-electron chi connectivity index (χ2n) is 9.41. The number of aryl methyl sites for hydroxylation is 1. The lowest BCUT2D eigenvalue weighted by Gasteiger charge is -2.29. The molecule has 7 heteroatoms. The molecule has 3 aromatic rings. The van der Waals surface area contributed by atoms with Crippen molar-refractivity contribution in [2.45, 2.75) is 46.7 Å². The van der Waals surface area contributed by atoms with Gasteiger partial charge < -0.3 is 19.3 Å². The van der Waals surface area contributed by atoms with Crippen LogP contribution in [-0.4, -0.2) is 41.5 Å². The minimum atomic E-state index is -0.0646. The molecule has 0 saturated heterocycles. The van der Waals surface area contributed by atoms with Gasteiger partial charge in [0.1, 0.15) is 0 Å². The fourth-order valence-electron chi connectivity index (χ4n) is 4.14. The zero-order valence-corrected chi connectivity index (χ0v) is 22.1. The number of ether oxygens (including phenoxy) is 2. The number of nitrogens with zero attached hydrogens (tertiary/aromatic N) is 2. The number of carbonyl (C=O) groups is 2. The molecule has 1 aliphatic rings. The van der Waals surface area contributed by atoms with Crippen molar-refractivity contribution in [3.05, 3.63) is 81.5 Å². The van der Waals surface area contributed by atoms with E-state index in [1.54, 1.807) is 16.2 Å². The molecule has 0 unspecified atom stereocenters. The van der Waals surface area contributed by atoms with Crippen LogP contribution in [0.25, 0.3) is 0 Å². The van der Waals surface area contributed by atoms with Gasteiger partial charge in [0.05, 0.1) is 19.5 Å². The smallest absolute Gasteiger partial charge is 0.242 e. The zero-order valence-electron chi connectivity index (χ0n) is 21.2. The van der Waals surface area contributed by atoms with Crippen molar-refractivity contribution in [2.24, 2.45) is 5.92 Å². The molecule has 1 aromatic heterocycles. The summed E-state index contributed by atoms with van der Waals surface area (Å²) >= 11 is 1.65. The molecule has 1 aliphatic heterocycles. The molecule has 190 valence electrons. The van der Waals surface area contributed by atoms with E-state index in [4.69, 9.17) is 9.47 Å². The second-order valence-corrected chi connectivity index (χ2v) is 10.4. The summed E-state index contributed by atoms with van der Waals surface area (Å²) in [7, 11) is 0. The summed E-state index contributed by atoms with van der Waals surface area (Å²) < 4.78 is 11.0. The highest BCUT2D eigenvalue weighted by Gasteiger charge is 2.24. The molecule has 0 bridgehead atoms. The Hall–Kier alpha value is -3.32. The number of carbonyl (C=O) groups excluding carboxylic acids is 2. The van der Waals surface area contributed by atoms with Gasteiger partial charge >= 0.3 is 0 Å². The van der Waals surface area contributed by atoms with Gasteiger partial charge in [-0.3, -0.25) is 9.59 Å². The van der Waals surface area contributed by atoms with Crippen LogP contribution in [0.4, 0.5) is 0 Å². The topological polar surface area (TPSA) is 59.1 Å². The van der Waals surface area contributed by atoms with Gasteiger partial charge in [-0.05, 0) is 53.1 Å². The standard InChI is InChI=1S/C29H34N2O4S/c1-4-21(2)16-30(28(32)15-23-8-6-5-7-9-23)19-29(33)31(18-27-22(3)12-13-36-27)17-24-10-11-25-26(14-24)35-20-34-25/h5-14,21H,4,15-20H2,1-3H3/t21-/m0/s1. The lowest BCUT2D eigenvalue weighted by Crippen LogP contribution is -2.44. The number of hydrogen-bond donors (Lipinski definition) is 0. The Labute approximate surface area is 217 Å². The van der Waals surface area contributed by atoms with E-state index in [1.165, 1.54) is 5.56 Å². The summed E-state index contributed by atoms with van der Waals surface area (Å²) in [6.07, 6.45) is 1.23. The maximum atomic E-state index is 13.7. The van der Waals surface area contributed by atoms with Crippen LogP contribution in [0.15, 0.2) is 60.0 Å². The van der Waals surface area contributed by atoms with E-state index in [-0.39, 0.29) is 31.6 Å². The molecular formula is C29H34N2O4S. The molecular weight excluding hydrogens is 472 g/mol. The highest BCUT2D eigenvalue weighted by Crippen LogP contribution is 2.33. The van der Waals surface area contributed by atoms with Crippen molar-refractivity contribution in [3.8, 4) is 11.5 Å². The van der Waals surface area contributed by atoms with Crippen molar-refractivity contribution in [1.29, 1.82) is 0 Å². The van der Waals surface area contributed by atoms with Crippen LogP contribution in [0.1, 0.15) is 41.8 Å².